The second-order valence-electron chi connectivity index (χ2n) is 5.90. The average Bonchev–Trinajstić information content (AvgIpc) is 2.46. The molecule has 5 heteroatoms. The van der Waals surface area contributed by atoms with Gasteiger partial charge in [-0.25, -0.2) is 0 Å². The molecule has 1 unspecified atom stereocenters. The Labute approximate surface area is 140 Å². The number of carbonyl (C=O) groups excluding carboxylic acids is 1. The molecular weight excluding hydrogens is 381 g/mol. The Morgan fingerprint density at radius 3 is 2.52 bits per heavy atom. The number of carbonyl (C=O) groups is 1. The predicted molar refractivity (Wildman–Crippen MR) is 92.2 cm³/mol. The largest absolute Gasteiger partial charge is 0.468 e. The van der Waals surface area contributed by atoms with E-state index in [-0.39, 0.29) is 11.6 Å². The summed E-state index contributed by atoms with van der Waals surface area (Å²) in [6, 6.07) is 7.90. The van der Waals surface area contributed by atoms with Crippen molar-refractivity contribution in [3.8, 4) is 0 Å². The second kappa shape index (κ2) is 7.56. The van der Waals surface area contributed by atoms with E-state index in [1.54, 1.807) is 0 Å². The zero-order valence-corrected chi connectivity index (χ0v) is 15.3. The van der Waals surface area contributed by atoms with Gasteiger partial charge >= 0.3 is 5.97 Å². The van der Waals surface area contributed by atoms with E-state index in [0.29, 0.717) is 19.6 Å². The summed E-state index contributed by atoms with van der Waals surface area (Å²) in [6.07, 6.45) is 0.545. The lowest BCUT2D eigenvalue weighted by Crippen LogP contribution is -2.39. The summed E-state index contributed by atoms with van der Waals surface area (Å²) in [6.45, 7) is 6.65. The van der Waals surface area contributed by atoms with E-state index in [1.807, 2.05) is 45.0 Å². The van der Waals surface area contributed by atoms with E-state index >= 15 is 0 Å². The van der Waals surface area contributed by atoms with E-state index in [2.05, 4.69) is 22.6 Å². The summed E-state index contributed by atoms with van der Waals surface area (Å²) in [4.78, 5) is 12.3. The maximum atomic E-state index is 12.3. The fourth-order valence-corrected chi connectivity index (χ4v) is 2.55. The van der Waals surface area contributed by atoms with Crippen LogP contribution in [0, 0.1) is 3.57 Å². The lowest BCUT2D eigenvalue weighted by Gasteiger charge is -2.30. The monoisotopic (exact) mass is 405 g/mol. The number of ether oxygens (including phenoxy) is 2. The molecule has 0 bridgehead atoms. The van der Waals surface area contributed by atoms with Crippen LogP contribution in [0.3, 0.4) is 0 Å². The SMILES string of the molecule is COC(=O)C(C)(CCOC(C)(C)CN)c1cccc(I)c1. The maximum Gasteiger partial charge on any atom is 0.316 e. The molecule has 1 atom stereocenters. The van der Waals surface area contributed by atoms with Crippen LogP contribution in [0.25, 0.3) is 0 Å². The van der Waals surface area contributed by atoms with Gasteiger partial charge in [-0.3, -0.25) is 4.79 Å². The molecule has 21 heavy (non-hydrogen) atoms. The van der Waals surface area contributed by atoms with Crippen molar-refractivity contribution in [3.63, 3.8) is 0 Å². The maximum absolute atomic E-state index is 12.3. The standard InChI is InChI=1S/C16H24INO3/c1-15(2,11-18)21-9-8-16(3,14(19)20-4)12-6-5-7-13(17)10-12/h5-7,10H,8-9,11,18H2,1-4H3. The normalized spacial score (nSPS) is 14.6. The van der Waals surface area contributed by atoms with E-state index in [9.17, 15) is 4.79 Å². The van der Waals surface area contributed by atoms with Gasteiger partial charge in [0.1, 0.15) is 0 Å². The number of methoxy groups -OCH3 is 1. The Balaban J connectivity index is 2.92. The van der Waals surface area contributed by atoms with Crippen LogP contribution in [0.2, 0.25) is 0 Å². The summed E-state index contributed by atoms with van der Waals surface area (Å²) in [5.41, 5.74) is 5.49. The third-order valence-electron chi connectivity index (χ3n) is 3.68. The topological polar surface area (TPSA) is 61.5 Å². The number of hydrogen-bond acceptors (Lipinski definition) is 4. The van der Waals surface area contributed by atoms with Crippen LogP contribution in [-0.2, 0) is 19.7 Å². The van der Waals surface area contributed by atoms with Crippen molar-refractivity contribution < 1.29 is 14.3 Å². The highest BCUT2D eigenvalue weighted by Gasteiger charge is 2.36. The Morgan fingerprint density at radius 1 is 1.33 bits per heavy atom. The van der Waals surface area contributed by atoms with Gasteiger partial charge in [-0.05, 0) is 67.5 Å². The fourth-order valence-electron chi connectivity index (χ4n) is 2.01. The summed E-state index contributed by atoms with van der Waals surface area (Å²) >= 11 is 2.24. The highest BCUT2D eigenvalue weighted by molar-refractivity contribution is 14.1. The molecule has 0 heterocycles. The number of nitrogens with two attached hydrogens (primary N) is 1. The minimum Gasteiger partial charge on any atom is -0.468 e. The fraction of sp³-hybridized carbons (Fsp3) is 0.562. The van der Waals surface area contributed by atoms with Crippen molar-refractivity contribution in [3.05, 3.63) is 33.4 Å². The Morgan fingerprint density at radius 2 is 2.00 bits per heavy atom. The van der Waals surface area contributed by atoms with Gasteiger partial charge in [0, 0.05) is 16.7 Å². The van der Waals surface area contributed by atoms with E-state index in [1.165, 1.54) is 7.11 Å². The summed E-state index contributed by atoms with van der Waals surface area (Å²) < 4.78 is 11.9. The van der Waals surface area contributed by atoms with Gasteiger partial charge in [0.25, 0.3) is 0 Å². The number of benzene rings is 1. The summed E-state index contributed by atoms with van der Waals surface area (Å²) in [5.74, 6) is -0.251. The second-order valence-corrected chi connectivity index (χ2v) is 7.14. The van der Waals surface area contributed by atoms with Crippen molar-refractivity contribution in [1.29, 1.82) is 0 Å². The summed E-state index contributed by atoms with van der Waals surface area (Å²) in [7, 11) is 1.42. The van der Waals surface area contributed by atoms with Crippen LogP contribution in [0.4, 0.5) is 0 Å². The molecule has 0 spiro atoms. The van der Waals surface area contributed by atoms with Gasteiger partial charge in [-0.1, -0.05) is 12.1 Å². The molecule has 0 saturated carbocycles. The number of rotatable bonds is 7. The first-order valence-electron chi connectivity index (χ1n) is 6.94. The molecule has 0 radical (unpaired) electrons. The molecule has 1 aromatic rings. The van der Waals surface area contributed by atoms with Gasteiger partial charge in [0.2, 0.25) is 0 Å². The molecule has 0 fully saturated rings. The van der Waals surface area contributed by atoms with E-state index in [4.69, 9.17) is 15.2 Å². The van der Waals surface area contributed by atoms with Crippen molar-refractivity contribution in [2.75, 3.05) is 20.3 Å². The van der Waals surface area contributed by atoms with Gasteiger partial charge < -0.3 is 15.2 Å². The molecule has 0 aliphatic carbocycles. The van der Waals surface area contributed by atoms with Crippen molar-refractivity contribution in [2.45, 2.75) is 38.2 Å². The molecule has 0 aromatic heterocycles. The number of hydrogen-bond donors (Lipinski definition) is 1. The average molecular weight is 405 g/mol. The van der Waals surface area contributed by atoms with Crippen LogP contribution < -0.4 is 5.73 Å². The van der Waals surface area contributed by atoms with Crippen molar-refractivity contribution >= 4 is 28.6 Å². The van der Waals surface area contributed by atoms with Gasteiger partial charge in [0.15, 0.2) is 0 Å². The first-order chi connectivity index (χ1) is 9.75. The molecule has 2 N–H and O–H groups in total. The zero-order valence-electron chi connectivity index (χ0n) is 13.1. The van der Waals surface area contributed by atoms with Crippen LogP contribution >= 0.6 is 22.6 Å². The Bertz CT molecular complexity index is 490. The first kappa shape index (κ1) is 18.4. The minimum absolute atomic E-state index is 0.251. The molecule has 1 rings (SSSR count). The van der Waals surface area contributed by atoms with Crippen LogP contribution in [0.1, 0.15) is 32.8 Å². The third kappa shape index (κ3) is 4.93. The zero-order chi connectivity index (χ0) is 16.1. The molecule has 0 aliphatic heterocycles. The van der Waals surface area contributed by atoms with E-state index in [0.717, 1.165) is 9.13 Å². The summed E-state index contributed by atoms with van der Waals surface area (Å²) in [5, 5.41) is 0. The van der Waals surface area contributed by atoms with Crippen LogP contribution in [0.5, 0.6) is 0 Å². The first-order valence-corrected chi connectivity index (χ1v) is 8.01. The third-order valence-corrected chi connectivity index (χ3v) is 4.36. The molecule has 0 saturated heterocycles. The highest BCUT2D eigenvalue weighted by atomic mass is 127. The smallest absolute Gasteiger partial charge is 0.316 e. The Kier molecular flexibility index (Phi) is 6.62. The predicted octanol–water partition coefficient (Wildman–Crippen LogP) is 2.87. The molecule has 0 aliphatic rings. The molecule has 0 amide bonds. The van der Waals surface area contributed by atoms with Crippen molar-refractivity contribution in [1.82, 2.24) is 0 Å². The minimum atomic E-state index is -0.722. The van der Waals surface area contributed by atoms with Crippen LogP contribution in [-0.4, -0.2) is 31.8 Å². The van der Waals surface area contributed by atoms with E-state index < -0.39 is 5.41 Å². The quantitative estimate of drug-likeness (QED) is 0.560. The molecule has 4 nitrogen and oxygen atoms in total. The lowest BCUT2D eigenvalue weighted by molar-refractivity contribution is -0.148. The Hall–Kier alpha value is -0.660. The van der Waals surface area contributed by atoms with Gasteiger partial charge in [-0.15, -0.1) is 0 Å². The van der Waals surface area contributed by atoms with Crippen LogP contribution in [0.15, 0.2) is 24.3 Å². The van der Waals surface area contributed by atoms with Crippen molar-refractivity contribution in [2.24, 2.45) is 5.73 Å². The molecule has 118 valence electrons. The number of esters is 1. The molecule has 1 aromatic carbocycles. The highest BCUT2D eigenvalue weighted by Crippen LogP contribution is 2.30. The number of halogens is 1. The molecular formula is C16H24INO3. The van der Waals surface area contributed by atoms with Gasteiger partial charge in [-0.2, -0.15) is 0 Å². The lowest BCUT2D eigenvalue weighted by atomic mass is 9.79. The van der Waals surface area contributed by atoms with Gasteiger partial charge in [0.05, 0.1) is 18.1 Å².